The van der Waals surface area contributed by atoms with E-state index < -0.39 is 23.5 Å². The van der Waals surface area contributed by atoms with E-state index in [-0.39, 0.29) is 22.6 Å². The van der Waals surface area contributed by atoms with Crippen molar-refractivity contribution in [1.82, 2.24) is 14.9 Å². The molecule has 0 saturated carbocycles. The maximum absolute atomic E-state index is 15.1. The molecule has 13 heteroatoms. The molecule has 2 aromatic rings. The van der Waals surface area contributed by atoms with Crippen LogP contribution in [0.1, 0.15) is 18.1 Å². The second-order valence-electron chi connectivity index (χ2n) is 9.79. The number of carbonyl (C=O) groups is 1. The topological polar surface area (TPSA) is 113 Å². The summed E-state index contributed by atoms with van der Waals surface area (Å²) in [5, 5.41) is 3.68. The van der Waals surface area contributed by atoms with Gasteiger partial charge in [-0.15, -0.1) is 5.73 Å². The number of hydrazine groups is 1. The number of amides is 1. The van der Waals surface area contributed by atoms with E-state index in [1.165, 1.54) is 55.0 Å². The lowest BCUT2D eigenvalue weighted by molar-refractivity contribution is -0.139. The van der Waals surface area contributed by atoms with E-state index in [9.17, 15) is 18.0 Å². The van der Waals surface area contributed by atoms with Gasteiger partial charge in [0.2, 0.25) is 0 Å². The van der Waals surface area contributed by atoms with E-state index in [1.807, 2.05) is 11.9 Å². The van der Waals surface area contributed by atoms with Crippen LogP contribution in [-0.2, 0) is 11.0 Å². The Kier molecular flexibility index (Phi) is 9.05. The van der Waals surface area contributed by atoms with Crippen LogP contribution in [0.5, 0.6) is 5.75 Å². The number of nitrogens with two attached hydrogens (primary N) is 2. The van der Waals surface area contributed by atoms with Crippen molar-refractivity contribution in [3.05, 3.63) is 94.5 Å². The number of hydrogen-bond acceptors (Lipinski definition) is 8. The maximum atomic E-state index is 15.1. The molecular weight excluding hydrogens is 554 g/mol. The van der Waals surface area contributed by atoms with E-state index in [2.05, 4.69) is 16.0 Å². The van der Waals surface area contributed by atoms with Crippen LogP contribution in [0.4, 0.5) is 28.9 Å². The predicted molar refractivity (Wildman–Crippen MR) is 152 cm³/mol. The minimum absolute atomic E-state index is 0.0684. The number of piperazine rings is 1. The Labute approximate surface area is 240 Å². The Bertz CT molecular complexity index is 1520. The monoisotopic (exact) mass is 585 g/mol. The Hall–Kier alpha value is -4.58. The number of likely N-dealkylation sites (N-methyl/N-ethyl adjacent to an activating group) is 1. The highest BCUT2D eigenvalue weighted by Gasteiger charge is 2.37. The number of aromatic nitrogens is 1. The van der Waals surface area contributed by atoms with Gasteiger partial charge in [0.25, 0.3) is 5.91 Å². The van der Waals surface area contributed by atoms with Gasteiger partial charge in [-0.05, 0) is 50.4 Å². The number of alkyl halides is 3. The fourth-order valence-electron chi connectivity index (χ4n) is 4.39. The summed E-state index contributed by atoms with van der Waals surface area (Å²) in [6.07, 6.45) is 3.88. The summed E-state index contributed by atoms with van der Waals surface area (Å²) in [5.74, 6) is 4.66. The lowest BCUT2D eigenvalue weighted by atomic mass is 10.1. The zero-order valence-electron chi connectivity index (χ0n) is 23.3. The third-order valence-electron chi connectivity index (χ3n) is 6.80. The largest absolute Gasteiger partial charge is 0.495 e. The molecule has 1 fully saturated rings. The van der Waals surface area contributed by atoms with Gasteiger partial charge >= 0.3 is 6.18 Å². The zero-order valence-corrected chi connectivity index (χ0v) is 23.3. The quantitative estimate of drug-likeness (QED) is 0.194. The minimum Gasteiger partial charge on any atom is -0.495 e. The number of pyridine rings is 1. The highest BCUT2D eigenvalue weighted by Crippen LogP contribution is 2.38. The number of rotatable bonds is 7. The predicted octanol–water partition coefficient (Wildman–Crippen LogP) is 4.00. The van der Waals surface area contributed by atoms with Gasteiger partial charge in [0.15, 0.2) is 5.82 Å². The second kappa shape index (κ2) is 12.5. The van der Waals surface area contributed by atoms with Gasteiger partial charge in [0.1, 0.15) is 5.75 Å². The number of methoxy groups -OCH3 is 1. The summed E-state index contributed by atoms with van der Waals surface area (Å²) in [6, 6.07) is 3.48. The van der Waals surface area contributed by atoms with Crippen LogP contribution in [0.3, 0.4) is 0 Å². The first-order valence-corrected chi connectivity index (χ1v) is 12.9. The second-order valence-corrected chi connectivity index (χ2v) is 9.79. The number of ether oxygens (including phenoxy) is 1. The average Bonchev–Trinajstić information content (AvgIpc) is 3.15. The molecule has 1 aliphatic carbocycles. The van der Waals surface area contributed by atoms with Gasteiger partial charge in [-0.3, -0.25) is 14.8 Å². The molecule has 2 aliphatic rings. The molecule has 1 saturated heterocycles. The SMILES string of the molecule is COc1cncc(/C(N)=C/N(N)C2=CC(C(=O)Nc3cc(N4CCN(C)CC4)c(F)c(C(F)(F)F)c3)=CC=C=C2C)c1. The van der Waals surface area contributed by atoms with Crippen LogP contribution >= 0.6 is 0 Å². The van der Waals surface area contributed by atoms with Gasteiger partial charge in [0.05, 0.1) is 36.0 Å². The van der Waals surface area contributed by atoms with Crippen molar-refractivity contribution < 1.29 is 27.1 Å². The summed E-state index contributed by atoms with van der Waals surface area (Å²) in [4.78, 5) is 20.9. The number of anilines is 2. The molecule has 1 aromatic carbocycles. The number of nitrogens with zero attached hydrogens (tertiary/aromatic N) is 4. The van der Waals surface area contributed by atoms with Crippen LogP contribution in [0.25, 0.3) is 5.70 Å². The summed E-state index contributed by atoms with van der Waals surface area (Å²) in [5.41, 5.74) is 9.07. The molecule has 0 bridgehead atoms. The van der Waals surface area contributed by atoms with E-state index in [1.54, 1.807) is 17.9 Å². The molecule has 222 valence electrons. The highest BCUT2D eigenvalue weighted by molar-refractivity contribution is 6.06. The number of benzene rings is 1. The molecule has 0 unspecified atom stereocenters. The van der Waals surface area contributed by atoms with Crippen molar-refractivity contribution in [1.29, 1.82) is 0 Å². The minimum atomic E-state index is -4.96. The summed E-state index contributed by atoms with van der Waals surface area (Å²) < 4.78 is 61.5. The number of allylic oxidation sites excluding steroid dienone is 2. The molecule has 1 aromatic heterocycles. The summed E-state index contributed by atoms with van der Waals surface area (Å²) in [6.45, 7) is 3.50. The van der Waals surface area contributed by atoms with Crippen molar-refractivity contribution in [3.8, 4) is 5.75 Å². The molecule has 0 atom stereocenters. The van der Waals surface area contributed by atoms with Crippen molar-refractivity contribution in [2.45, 2.75) is 13.1 Å². The van der Waals surface area contributed by atoms with Gasteiger partial charge in [0, 0.05) is 61.0 Å². The number of nitrogens with one attached hydrogen (secondary N) is 1. The van der Waals surface area contributed by atoms with E-state index in [4.69, 9.17) is 16.3 Å². The normalized spacial score (nSPS) is 16.3. The molecule has 1 amide bonds. The number of carbonyl (C=O) groups excluding carboxylic acids is 1. The fourth-order valence-corrected chi connectivity index (χ4v) is 4.39. The molecule has 1 aliphatic heterocycles. The molecule has 0 radical (unpaired) electrons. The molecule has 4 rings (SSSR count). The van der Waals surface area contributed by atoms with Crippen LogP contribution in [0.2, 0.25) is 0 Å². The van der Waals surface area contributed by atoms with Gasteiger partial charge in [-0.25, -0.2) is 10.2 Å². The van der Waals surface area contributed by atoms with E-state index in [0.29, 0.717) is 54.8 Å². The third-order valence-corrected chi connectivity index (χ3v) is 6.80. The standard InChI is InChI=1S/C29H31F4N7O2/c1-18-5-4-6-19(12-25(18)40(35)17-24(34)20-11-22(42-3)16-36-15-20)28(41)37-21-13-23(29(31,32)33)27(30)26(14-21)39-9-7-38(2)8-10-39/h4,6,11-17H,7-10,34-35H2,1-3H3,(H,37,41)/b24-17-. The van der Waals surface area contributed by atoms with Crippen molar-refractivity contribution in [2.24, 2.45) is 11.6 Å². The molecule has 0 spiro atoms. The molecule has 5 N–H and O–H groups in total. The average molecular weight is 586 g/mol. The lowest BCUT2D eigenvalue weighted by Gasteiger charge is -2.34. The first-order valence-electron chi connectivity index (χ1n) is 12.9. The van der Waals surface area contributed by atoms with E-state index >= 15 is 4.39 Å². The molecule has 2 heterocycles. The number of halogens is 4. The number of hydrogen-bond donors (Lipinski definition) is 3. The lowest BCUT2D eigenvalue weighted by Crippen LogP contribution is -2.45. The molecule has 42 heavy (non-hydrogen) atoms. The van der Waals surface area contributed by atoms with Crippen LogP contribution in [0.15, 0.2) is 77.6 Å². The Balaban J connectivity index is 1.62. The Morgan fingerprint density at radius 1 is 1.19 bits per heavy atom. The van der Waals surface area contributed by atoms with Gasteiger partial charge in [-0.2, -0.15) is 13.2 Å². The highest BCUT2D eigenvalue weighted by atomic mass is 19.4. The Morgan fingerprint density at radius 2 is 1.90 bits per heavy atom. The summed E-state index contributed by atoms with van der Waals surface area (Å²) in [7, 11) is 3.37. The smallest absolute Gasteiger partial charge is 0.419 e. The van der Waals surface area contributed by atoms with Crippen molar-refractivity contribution in [3.63, 3.8) is 0 Å². The fraction of sp³-hybridized carbons (Fsp3) is 0.276. The first-order chi connectivity index (χ1) is 19.9. The van der Waals surface area contributed by atoms with Crippen LogP contribution in [-0.4, -0.2) is 61.1 Å². The van der Waals surface area contributed by atoms with Crippen molar-refractivity contribution in [2.75, 3.05) is 50.6 Å². The Morgan fingerprint density at radius 3 is 2.57 bits per heavy atom. The third kappa shape index (κ3) is 7.00. The zero-order chi connectivity index (χ0) is 30.6. The first kappa shape index (κ1) is 30.4. The van der Waals surface area contributed by atoms with Gasteiger partial charge in [-0.1, -0.05) is 0 Å². The van der Waals surface area contributed by atoms with Crippen LogP contribution < -0.4 is 26.5 Å². The van der Waals surface area contributed by atoms with Crippen molar-refractivity contribution >= 4 is 23.0 Å². The maximum Gasteiger partial charge on any atom is 0.419 e. The molecule has 9 nitrogen and oxygen atoms in total. The summed E-state index contributed by atoms with van der Waals surface area (Å²) >= 11 is 0. The van der Waals surface area contributed by atoms with E-state index in [0.717, 1.165) is 0 Å². The van der Waals surface area contributed by atoms with Crippen LogP contribution in [0, 0.1) is 5.82 Å². The van der Waals surface area contributed by atoms with Gasteiger partial charge < -0.3 is 25.6 Å². The molecular formula is C29H31F4N7O2.